The van der Waals surface area contributed by atoms with Gasteiger partial charge in [-0.25, -0.2) is 14.4 Å². The number of ketones is 1. The molecule has 2 aliphatic heterocycles. The Morgan fingerprint density at radius 2 is 1.92 bits per heavy atom. The standard InChI is InChI=1S/C27H27Cl2FN4O2S/c1-16-26(31)27(15-36-16)8-10-34(11-9-27)22-13-33-23(14-32-22)37-21-7-2-4-17(24(21)28)12-20(35)18-5-3-6-19(30)25(18)29/h2-7,13-14,16,26H,8-12,15,31H2,1H3/t16-,26+/m0/s1. The van der Waals surface area contributed by atoms with Crippen LogP contribution in [0.3, 0.4) is 0 Å². The van der Waals surface area contributed by atoms with Crippen molar-refractivity contribution in [3.05, 3.63) is 75.8 Å². The molecule has 2 N–H and O–H groups in total. The summed E-state index contributed by atoms with van der Waals surface area (Å²) in [6, 6.07) is 9.73. The average molecular weight is 562 g/mol. The number of Topliss-reactive ketones (excluding diaryl/α,β-unsaturated/α-hetero) is 1. The molecule has 0 amide bonds. The van der Waals surface area contributed by atoms with E-state index in [1.54, 1.807) is 18.5 Å². The van der Waals surface area contributed by atoms with Crippen molar-refractivity contribution in [3.8, 4) is 0 Å². The molecule has 194 valence electrons. The van der Waals surface area contributed by atoms with Crippen LogP contribution in [0, 0.1) is 11.2 Å². The number of aromatic nitrogens is 2. The lowest BCUT2D eigenvalue weighted by atomic mass is 9.73. The number of benzene rings is 2. The Kier molecular flexibility index (Phi) is 7.75. The van der Waals surface area contributed by atoms with E-state index < -0.39 is 5.82 Å². The van der Waals surface area contributed by atoms with Crippen LogP contribution in [0.2, 0.25) is 10.0 Å². The lowest BCUT2D eigenvalue weighted by Crippen LogP contribution is -2.50. The predicted molar refractivity (Wildman–Crippen MR) is 144 cm³/mol. The number of carbonyl (C=O) groups excluding carboxylic acids is 1. The minimum Gasteiger partial charge on any atom is -0.376 e. The monoisotopic (exact) mass is 560 g/mol. The molecule has 0 bridgehead atoms. The van der Waals surface area contributed by atoms with Crippen molar-refractivity contribution >= 4 is 46.6 Å². The Bertz CT molecular complexity index is 1300. The van der Waals surface area contributed by atoms with E-state index >= 15 is 0 Å². The number of hydrogen-bond acceptors (Lipinski definition) is 7. The highest BCUT2D eigenvalue weighted by Gasteiger charge is 2.47. The molecule has 1 aromatic heterocycles. The van der Waals surface area contributed by atoms with E-state index in [1.807, 2.05) is 19.1 Å². The molecule has 0 aliphatic carbocycles. The number of nitrogens with two attached hydrogens (primary N) is 1. The van der Waals surface area contributed by atoms with Gasteiger partial charge in [0.15, 0.2) is 5.78 Å². The van der Waals surface area contributed by atoms with Gasteiger partial charge in [0, 0.05) is 41.4 Å². The molecule has 3 aromatic rings. The zero-order valence-electron chi connectivity index (χ0n) is 20.3. The van der Waals surface area contributed by atoms with Crippen LogP contribution < -0.4 is 10.6 Å². The molecule has 10 heteroatoms. The smallest absolute Gasteiger partial charge is 0.168 e. The van der Waals surface area contributed by atoms with E-state index in [0.717, 1.165) is 43.3 Å². The number of hydrogen-bond donors (Lipinski definition) is 1. The Labute approximate surface area is 229 Å². The van der Waals surface area contributed by atoms with Crippen LogP contribution in [0.25, 0.3) is 0 Å². The van der Waals surface area contributed by atoms with Gasteiger partial charge >= 0.3 is 0 Å². The van der Waals surface area contributed by atoms with E-state index in [-0.39, 0.29) is 40.4 Å². The molecule has 6 nitrogen and oxygen atoms in total. The third-order valence-electron chi connectivity index (χ3n) is 7.41. The Hall–Kier alpha value is -2.23. The van der Waals surface area contributed by atoms with Crippen molar-refractivity contribution in [3.63, 3.8) is 0 Å². The van der Waals surface area contributed by atoms with Crippen LogP contribution in [0.4, 0.5) is 10.2 Å². The molecule has 1 spiro atoms. The fourth-order valence-electron chi connectivity index (χ4n) is 5.05. The number of ether oxygens (including phenoxy) is 1. The Morgan fingerprint density at radius 3 is 2.59 bits per heavy atom. The van der Waals surface area contributed by atoms with Crippen molar-refractivity contribution in [2.75, 3.05) is 24.6 Å². The summed E-state index contributed by atoms with van der Waals surface area (Å²) < 4.78 is 19.6. The molecule has 0 unspecified atom stereocenters. The average Bonchev–Trinajstić information content (AvgIpc) is 3.17. The van der Waals surface area contributed by atoms with Gasteiger partial charge in [0.1, 0.15) is 16.7 Å². The number of piperidine rings is 1. The Balaban J connectivity index is 1.24. The van der Waals surface area contributed by atoms with Gasteiger partial charge in [-0.15, -0.1) is 0 Å². The summed E-state index contributed by atoms with van der Waals surface area (Å²) in [7, 11) is 0. The van der Waals surface area contributed by atoms with Crippen LogP contribution in [0.1, 0.15) is 35.7 Å². The van der Waals surface area contributed by atoms with Gasteiger partial charge in [-0.3, -0.25) is 4.79 Å². The van der Waals surface area contributed by atoms with E-state index in [2.05, 4.69) is 14.9 Å². The lowest BCUT2D eigenvalue weighted by molar-refractivity contribution is 0.0973. The third kappa shape index (κ3) is 5.36. The number of halogens is 3. The topological polar surface area (TPSA) is 81.3 Å². The molecule has 2 saturated heterocycles. The molecule has 2 atom stereocenters. The maximum Gasteiger partial charge on any atom is 0.168 e. The van der Waals surface area contributed by atoms with E-state index in [1.165, 1.54) is 30.0 Å². The summed E-state index contributed by atoms with van der Waals surface area (Å²) in [5.41, 5.74) is 7.26. The minimum atomic E-state index is -0.625. The Morgan fingerprint density at radius 1 is 1.16 bits per heavy atom. The maximum absolute atomic E-state index is 13.8. The molecule has 2 aliphatic rings. The second-order valence-corrected chi connectivity index (χ2v) is 11.5. The van der Waals surface area contributed by atoms with Crippen LogP contribution in [0.5, 0.6) is 0 Å². The van der Waals surface area contributed by atoms with Gasteiger partial charge in [0.2, 0.25) is 0 Å². The quantitative estimate of drug-likeness (QED) is 0.379. The zero-order valence-corrected chi connectivity index (χ0v) is 22.6. The molecular formula is C27H27Cl2FN4O2S. The zero-order chi connectivity index (χ0) is 26.2. The minimum absolute atomic E-state index is 0.00491. The molecule has 37 heavy (non-hydrogen) atoms. The van der Waals surface area contributed by atoms with E-state index in [0.29, 0.717) is 15.6 Å². The van der Waals surface area contributed by atoms with Gasteiger partial charge in [0.25, 0.3) is 0 Å². The SMILES string of the molecule is C[C@@H]1OCC2(CCN(c3cnc(Sc4cccc(CC(=O)c5cccc(F)c5Cl)c4Cl)cn3)CC2)[C@@H]1N. The first-order valence-corrected chi connectivity index (χ1v) is 13.7. The highest BCUT2D eigenvalue weighted by Crippen LogP contribution is 2.42. The second kappa shape index (κ2) is 10.9. The van der Waals surface area contributed by atoms with Crippen molar-refractivity contribution in [1.29, 1.82) is 0 Å². The molecule has 0 saturated carbocycles. The van der Waals surface area contributed by atoms with Crippen molar-refractivity contribution in [2.45, 2.75) is 48.3 Å². The molecule has 0 radical (unpaired) electrons. The first kappa shape index (κ1) is 26.4. The van der Waals surface area contributed by atoms with E-state index in [4.69, 9.17) is 33.7 Å². The number of carbonyl (C=O) groups is 1. The van der Waals surface area contributed by atoms with Crippen molar-refractivity contribution < 1.29 is 13.9 Å². The number of rotatable bonds is 6. The highest BCUT2D eigenvalue weighted by atomic mass is 35.5. The van der Waals surface area contributed by atoms with Gasteiger partial charge in [-0.2, -0.15) is 0 Å². The highest BCUT2D eigenvalue weighted by molar-refractivity contribution is 7.99. The lowest BCUT2D eigenvalue weighted by Gasteiger charge is -2.41. The summed E-state index contributed by atoms with van der Waals surface area (Å²) in [6.07, 6.45) is 5.56. The summed E-state index contributed by atoms with van der Waals surface area (Å²) in [5.74, 6) is -0.0996. The number of nitrogens with zero attached hydrogens (tertiary/aromatic N) is 3. The van der Waals surface area contributed by atoms with Gasteiger partial charge < -0.3 is 15.4 Å². The van der Waals surface area contributed by atoms with Gasteiger partial charge in [-0.05, 0) is 43.5 Å². The molecular weight excluding hydrogens is 534 g/mol. The molecule has 5 rings (SSSR count). The van der Waals surface area contributed by atoms with Crippen LogP contribution >= 0.6 is 35.0 Å². The summed E-state index contributed by atoms with van der Waals surface area (Å²) >= 11 is 14.0. The molecule has 2 fully saturated rings. The van der Waals surface area contributed by atoms with Crippen LogP contribution in [0.15, 0.2) is 58.7 Å². The van der Waals surface area contributed by atoms with Crippen molar-refractivity contribution in [1.82, 2.24) is 9.97 Å². The largest absolute Gasteiger partial charge is 0.376 e. The predicted octanol–water partition coefficient (Wildman–Crippen LogP) is 5.83. The summed E-state index contributed by atoms with van der Waals surface area (Å²) in [4.78, 5) is 25.0. The van der Waals surface area contributed by atoms with E-state index in [9.17, 15) is 9.18 Å². The van der Waals surface area contributed by atoms with Gasteiger partial charge in [-0.1, -0.05) is 53.2 Å². The van der Waals surface area contributed by atoms with Gasteiger partial charge in [0.05, 0.1) is 35.1 Å². The summed E-state index contributed by atoms with van der Waals surface area (Å²) in [5, 5.41) is 0.961. The second-order valence-electron chi connectivity index (χ2n) is 9.64. The fourth-order valence-corrected chi connectivity index (χ4v) is 6.39. The molecule has 3 heterocycles. The maximum atomic E-state index is 13.8. The fraction of sp³-hybridized carbons (Fsp3) is 0.370. The number of anilines is 1. The third-order valence-corrected chi connectivity index (χ3v) is 9.33. The summed E-state index contributed by atoms with van der Waals surface area (Å²) in [6.45, 7) is 4.50. The first-order valence-electron chi connectivity index (χ1n) is 12.1. The van der Waals surface area contributed by atoms with Crippen molar-refractivity contribution in [2.24, 2.45) is 11.1 Å². The van der Waals surface area contributed by atoms with Crippen LogP contribution in [-0.4, -0.2) is 47.6 Å². The van der Waals surface area contributed by atoms with Crippen LogP contribution in [-0.2, 0) is 11.2 Å². The first-order chi connectivity index (χ1) is 17.8. The molecule has 2 aromatic carbocycles. The normalized spacial score (nSPS) is 20.9.